The van der Waals surface area contributed by atoms with Gasteiger partial charge in [0.25, 0.3) is 5.91 Å². The number of amides is 1. The molecule has 4 heteroatoms. The Morgan fingerprint density at radius 3 is 2.40 bits per heavy atom. The standard InChI is InChI=1S/C16H16N2O2/c1-2-12-5-7-13(8-6-12)15(19)11-18-9-3-4-14(10-18)16(17)20/h3-10H,2,11H2,1H3,(H-,17,20)/p+1. The van der Waals surface area contributed by atoms with Crippen molar-refractivity contribution < 1.29 is 14.2 Å². The van der Waals surface area contributed by atoms with Crippen LogP contribution in [0.5, 0.6) is 0 Å². The molecule has 4 nitrogen and oxygen atoms in total. The van der Waals surface area contributed by atoms with Crippen LogP contribution in [0.1, 0.15) is 33.2 Å². The SMILES string of the molecule is CCc1ccc(C(=O)C[n+]2cccc(C(N)=O)c2)cc1. The maximum absolute atomic E-state index is 12.2. The summed E-state index contributed by atoms with van der Waals surface area (Å²) in [5, 5.41) is 0. The summed E-state index contributed by atoms with van der Waals surface area (Å²) in [7, 11) is 0. The molecule has 1 heterocycles. The number of nitrogens with two attached hydrogens (primary N) is 1. The van der Waals surface area contributed by atoms with E-state index in [1.807, 2.05) is 24.3 Å². The molecule has 102 valence electrons. The Hall–Kier alpha value is -2.49. The predicted octanol–water partition coefficient (Wildman–Crippen LogP) is 1.52. The van der Waals surface area contributed by atoms with Crippen molar-refractivity contribution in [3.8, 4) is 0 Å². The van der Waals surface area contributed by atoms with Gasteiger partial charge in [0.1, 0.15) is 5.56 Å². The zero-order chi connectivity index (χ0) is 14.5. The van der Waals surface area contributed by atoms with Gasteiger partial charge in [0, 0.05) is 11.6 Å². The predicted molar refractivity (Wildman–Crippen MR) is 75.3 cm³/mol. The average molecular weight is 269 g/mol. The highest BCUT2D eigenvalue weighted by atomic mass is 16.1. The zero-order valence-corrected chi connectivity index (χ0v) is 11.4. The number of rotatable bonds is 5. The van der Waals surface area contributed by atoms with Crippen LogP contribution < -0.4 is 10.3 Å². The highest BCUT2D eigenvalue weighted by Crippen LogP contribution is 2.06. The van der Waals surface area contributed by atoms with Crippen molar-refractivity contribution in [2.75, 3.05) is 0 Å². The summed E-state index contributed by atoms with van der Waals surface area (Å²) in [6.07, 6.45) is 4.27. The van der Waals surface area contributed by atoms with Crippen LogP contribution in [0.15, 0.2) is 48.8 Å². The minimum atomic E-state index is -0.501. The van der Waals surface area contributed by atoms with E-state index >= 15 is 0 Å². The molecule has 0 bridgehead atoms. The number of Topliss-reactive ketones (excluding diaryl/α,β-unsaturated/α-hetero) is 1. The highest BCUT2D eigenvalue weighted by Gasteiger charge is 2.13. The number of primary amides is 1. The summed E-state index contributed by atoms with van der Waals surface area (Å²) in [6, 6.07) is 10.9. The Kier molecular flexibility index (Phi) is 4.25. The second-order valence-electron chi connectivity index (χ2n) is 4.60. The largest absolute Gasteiger partial charge is 0.365 e. The van der Waals surface area contributed by atoms with Crippen LogP contribution in [0.2, 0.25) is 0 Å². The first-order valence-electron chi connectivity index (χ1n) is 6.51. The molecule has 2 N–H and O–H groups in total. The molecule has 2 aromatic rings. The third-order valence-electron chi connectivity index (χ3n) is 3.15. The van der Waals surface area contributed by atoms with Gasteiger partial charge >= 0.3 is 0 Å². The van der Waals surface area contributed by atoms with Crippen molar-refractivity contribution in [2.24, 2.45) is 5.73 Å². The molecule has 0 aliphatic heterocycles. The smallest absolute Gasteiger partial charge is 0.254 e. The van der Waals surface area contributed by atoms with Crippen molar-refractivity contribution in [3.05, 3.63) is 65.5 Å². The van der Waals surface area contributed by atoms with E-state index in [0.29, 0.717) is 11.1 Å². The second kappa shape index (κ2) is 6.10. The number of carbonyl (C=O) groups is 2. The van der Waals surface area contributed by atoms with E-state index in [9.17, 15) is 9.59 Å². The van der Waals surface area contributed by atoms with E-state index in [0.717, 1.165) is 6.42 Å². The molecule has 0 fully saturated rings. The molecule has 0 saturated carbocycles. The number of pyridine rings is 1. The van der Waals surface area contributed by atoms with E-state index < -0.39 is 5.91 Å². The monoisotopic (exact) mass is 269 g/mol. The molecule has 0 saturated heterocycles. The Morgan fingerprint density at radius 1 is 1.10 bits per heavy atom. The number of aryl methyl sites for hydroxylation is 1. The fraction of sp³-hybridized carbons (Fsp3) is 0.188. The van der Waals surface area contributed by atoms with Crippen LogP contribution in [0.25, 0.3) is 0 Å². The Bertz CT molecular complexity index is 633. The van der Waals surface area contributed by atoms with Gasteiger partial charge in [-0.05, 0) is 18.1 Å². The number of aromatic nitrogens is 1. The lowest BCUT2D eigenvalue weighted by molar-refractivity contribution is -0.683. The molecule has 1 amide bonds. The maximum atomic E-state index is 12.2. The van der Waals surface area contributed by atoms with Crippen molar-refractivity contribution >= 4 is 11.7 Å². The first-order valence-corrected chi connectivity index (χ1v) is 6.51. The lowest BCUT2D eigenvalue weighted by atomic mass is 10.1. The van der Waals surface area contributed by atoms with Gasteiger partial charge in [0.2, 0.25) is 12.3 Å². The highest BCUT2D eigenvalue weighted by molar-refractivity contribution is 5.95. The molecule has 0 aliphatic carbocycles. The van der Waals surface area contributed by atoms with E-state index in [-0.39, 0.29) is 12.3 Å². The normalized spacial score (nSPS) is 10.2. The molecule has 20 heavy (non-hydrogen) atoms. The topological polar surface area (TPSA) is 64.0 Å². The minimum absolute atomic E-state index is 0.000673. The Morgan fingerprint density at radius 2 is 1.80 bits per heavy atom. The van der Waals surface area contributed by atoms with E-state index in [1.165, 1.54) is 5.56 Å². The molecular formula is C16H17N2O2+. The summed E-state index contributed by atoms with van der Waals surface area (Å²) >= 11 is 0. The molecular weight excluding hydrogens is 252 g/mol. The second-order valence-corrected chi connectivity index (χ2v) is 4.60. The van der Waals surface area contributed by atoms with Crippen molar-refractivity contribution in [3.63, 3.8) is 0 Å². The van der Waals surface area contributed by atoms with Crippen LogP contribution in [0.4, 0.5) is 0 Å². The van der Waals surface area contributed by atoms with E-state index in [1.54, 1.807) is 29.1 Å². The van der Waals surface area contributed by atoms with Gasteiger partial charge in [-0.15, -0.1) is 0 Å². The average Bonchev–Trinajstić information content (AvgIpc) is 2.47. The van der Waals surface area contributed by atoms with Gasteiger partial charge in [-0.25, -0.2) is 0 Å². The van der Waals surface area contributed by atoms with Crippen molar-refractivity contribution in [1.29, 1.82) is 0 Å². The van der Waals surface area contributed by atoms with Crippen LogP contribution >= 0.6 is 0 Å². The molecule has 0 spiro atoms. The van der Waals surface area contributed by atoms with Gasteiger partial charge in [0.05, 0.1) is 0 Å². The van der Waals surface area contributed by atoms with E-state index in [4.69, 9.17) is 5.73 Å². The molecule has 1 aromatic heterocycles. The first kappa shape index (κ1) is 13.9. The molecule has 2 rings (SSSR count). The summed E-state index contributed by atoms with van der Waals surface area (Å²) in [6.45, 7) is 2.26. The molecule has 0 atom stereocenters. The minimum Gasteiger partial charge on any atom is -0.365 e. The number of benzene rings is 1. The number of hydrogen-bond acceptors (Lipinski definition) is 2. The maximum Gasteiger partial charge on any atom is 0.254 e. The summed E-state index contributed by atoms with van der Waals surface area (Å²) < 4.78 is 1.66. The molecule has 0 radical (unpaired) electrons. The van der Waals surface area contributed by atoms with Crippen LogP contribution in [0.3, 0.4) is 0 Å². The van der Waals surface area contributed by atoms with Crippen molar-refractivity contribution in [2.45, 2.75) is 19.9 Å². The number of hydrogen-bond donors (Lipinski definition) is 1. The van der Waals surface area contributed by atoms with Gasteiger partial charge in [-0.2, -0.15) is 4.57 Å². The van der Waals surface area contributed by atoms with Crippen LogP contribution in [0, 0.1) is 0 Å². The number of ketones is 1. The Labute approximate surface area is 117 Å². The van der Waals surface area contributed by atoms with Crippen LogP contribution in [-0.2, 0) is 13.0 Å². The van der Waals surface area contributed by atoms with Gasteiger partial charge in [-0.3, -0.25) is 9.59 Å². The van der Waals surface area contributed by atoms with E-state index in [2.05, 4.69) is 6.92 Å². The first-order chi connectivity index (χ1) is 9.60. The summed E-state index contributed by atoms with van der Waals surface area (Å²) in [5.41, 5.74) is 7.47. The number of carbonyl (C=O) groups excluding carboxylic acids is 2. The number of nitrogens with zero attached hydrogens (tertiary/aromatic N) is 1. The summed E-state index contributed by atoms with van der Waals surface area (Å²) in [4.78, 5) is 23.3. The van der Waals surface area contributed by atoms with Gasteiger partial charge in [-0.1, -0.05) is 31.2 Å². The van der Waals surface area contributed by atoms with Gasteiger partial charge in [0.15, 0.2) is 12.4 Å². The summed E-state index contributed by atoms with van der Waals surface area (Å²) in [5.74, 6) is -0.502. The third kappa shape index (κ3) is 3.29. The van der Waals surface area contributed by atoms with Crippen molar-refractivity contribution in [1.82, 2.24) is 0 Å². The van der Waals surface area contributed by atoms with Gasteiger partial charge < -0.3 is 5.73 Å². The third-order valence-corrected chi connectivity index (χ3v) is 3.15. The lowest BCUT2D eigenvalue weighted by Crippen LogP contribution is -2.38. The quantitative estimate of drug-likeness (QED) is 0.660. The zero-order valence-electron chi connectivity index (χ0n) is 11.4. The fourth-order valence-electron chi connectivity index (χ4n) is 1.95. The van der Waals surface area contributed by atoms with Crippen LogP contribution in [-0.4, -0.2) is 11.7 Å². The molecule has 1 aromatic carbocycles. The lowest BCUT2D eigenvalue weighted by Gasteiger charge is -2.01. The Balaban J connectivity index is 2.14. The fourth-order valence-corrected chi connectivity index (χ4v) is 1.95. The molecule has 0 aliphatic rings. The molecule has 0 unspecified atom stereocenters.